The van der Waals surface area contributed by atoms with E-state index in [1.54, 1.807) is 19.2 Å². The Balaban J connectivity index is 1.99. The quantitative estimate of drug-likeness (QED) is 0.625. The van der Waals surface area contributed by atoms with Crippen molar-refractivity contribution >= 4 is 8.32 Å². The Hall–Kier alpha value is -1.05. The van der Waals surface area contributed by atoms with E-state index in [1.165, 1.54) is 0 Å². The third-order valence-electron chi connectivity index (χ3n) is 7.72. The van der Waals surface area contributed by atoms with Crippen LogP contribution in [0.5, 0.6) is 5.75 Å². The molecule has 29 heavy (non-hydrogen) atoms. The van der Waals surface area contributed by atoms with E-state index in [-0.39, 0.29) is 24.5 Å². The molecule has 3 nitrogen and oxygen atoms in total. The first-order valence-corrected chi connectivity index (χ1v) is 13.2. The van der Waals surface area contributed by atoms with E-state index in [2.05, 4.69) is 20.8 Å². The van der Waals surface area contributed by atoms with Gasteiger partial charge in [0.2, 0.25) is 0 Å². The highest BCUT2D eigenvalue weighted by atomic mass is 28.4. The summed E-state index contributed by atoms with van der Waals surface area (Å²) in [5.41, 5.74) is -0.355. The van der Waals surface area contributed by atoms with Gasteiger partial charge < -0.3 is 14.3 Å². The van der Waals surface area contributed by atoms with Gasteiger partial charge in [0.05, 0.1) is 18.6 Å². The van der Waals surface area contributed by atoms with Crippen molar-refractivity contribution in [2.75, 3.05) is 13.7 Å². The van der Waals surface area contributed by atoms with Crippen molar-refractivity contribution in [2.45, 2.75) is 76.4 Å². The second-order valence-corrected chi connectivity index (χ2v) is 14.9. The SMILES string of the molecule is COc1ccc2c(c1)CC[C@@]1(C(F)(F)F)[C@@H]2C[C@H](O)[C@@H]1CO[Si](C)(C)C(C)(C)C. The summed E-state index contributed by atoms with van der Waals surface area (Å²) in [5.74, 6) is -1.04. The zero-order chi connectivity index (χ0) is 21.8. The second kappa shape index (κ2) is 7.27. The molecule has 164 valence electrons. The van der Waals surface area contributed by atoms with Crippen molar-refractivity contribution in [2.24, 2.45) is 11.3 Å². The maximum absolute atomic E-state index is 14.6. The lowest BCUT2D eigenvalue weighted by Gasteiger charge is -2.46. The molecule has 1 fully saturated rings. The van der Waals surface area contributed by atoms with Crippen LogP contribution in [0, 0.1) is 11.3 Å². The summed E-state index contributed by atoms with van der Waals surface area (Å²) in [6.45, 7) is 10.2. The van der Waals surface area contributed by atoms with Gasteiger partial charge in [-0.3, -0.25) is 0 Å². The average Bonchev–Trinajstić information content (AvgIpc) is 2.91. The minimum atomic E-state index is -4.41. The molecule has 0 amide bonds. The van der Waals surface area contributed by atoms with Crippen molar-refractivity contribution in [1.29, 1.82) is 0 Å². The number of aliphatic hydroxyl groups excluding tert-OH is 1. The van der Waals surface area contributed by atoms with Crippen LogP contribution < -0.4 is 4.74 Å². The summed E-state index contributed by atoms with van der Waals surface area (Å²) < 4.78 is 55.3. The van der Waals surface area contributed by atoms with Crippen molar-refractivity contribution in [3.63, 3.8) is 0 Å². The molecule has 0 aliphatic heterocycles. The number of fused-ring (bicyclic) bond motifs is 3. The number of rotatable bonds is 4. The van der Waals surface area contributed by atoms with Gasteiger partial charge in [0.15, 0.2) is 8.32 Å². The summed E-state index contributed by atoms with van der Waals surface area (Å²) >= 11 is 0. The van der Waals surface area contributed by atoms with Gasteiger partial charge in [-0.25, -0.2) is 0 Å². The lowest BCUT2D eigenvalue weighted by molar-refractivity contribution is -0.253. The first-order chi connectivity index (χ1) is 13.2. The second-order valence-electron chi connectivity index (χ2n) is 10.1. The molecule has 7 heteroatoms. The van der Waals surface area contributed by atoms with Crippen LogP contribution >= 0.6 is 0 Å². The Labute approximate surface area is 172 Å². The summed E-state index contributed by atoms with van der Waals surface area (Å²) in [6.07, 6.45) is -5.02. The minimum Gasteiger partial charge on any atom is -0.497 e. The van der Waals surface area contributed by atoms with Gasteiger partial charge in [-0.15, -0.1) is 0 Å². The van der Waals surface area contributed by atoms with Gasteiger partial charge in [0.1, 0.15) is 5.75 Å². The largest absolute Gasteiger partial charge is 0.497 e. The van der Waals surface area contributed by atoms with Gasteiger partial charge >= 0.3 is 6.18 Å². The van der Waals surface area contributed by atoms with Crippen LogP contribution in [0.15, 0.2) is 18.2 Å². The molecule has 0 heterocycles. The fraction of sp³-hybridized carbons (Fsp3) is 0.727. The molecule has 0 aromatic heterocycles. The highest BCUT2D eigenvalue weighted by Crippen LogP contribution is 2.66. The molecule has 1 aromatic rings. The van der Waals surface area contributed by atoms with E-state index in [0.29, 0.717) is 17.7 Å². The highest BCUT2D eigenvalue weighted by Gasteiger charge is 2.69. The van der Waals surface area contributed by atoms with E-state index in [1.807, 2.05) is 19.2 Å². The Morgan fingerprint density at radius 3 is 2.41 bits per heavy atom. The number of hydrogen-bond donors (Lipinski definition) is 1. The minimum absolute atomic E-state index is 0.0239. The van der Waals surface area contributed by atoms with Crippen LogP contribution in [-0.4, -0.2) is 39.4 Å². The van der Waals surface area contributed by atoms with Gasteiger partial charge in [-0.1, -0.05) is 26.8 Å². The first kappa shape index (κ1) is 22.6. The lowest BCUT2D eigenvalue weighted by Crippen LogP contribution is -2.52. The Bertz CT molecular complexity index is 757. The standard InChI is InChI=1S/C22H33F3O3Si/c1-20(2,3)29(5,6)28-13-18-19(26)12-17-16-8-7-15(27-4)11-14(16)9-10-21(17,18)22(23,24)25/h7-8,11,17-19,26H,9-10,12-13H2,1-6H3/t17-,18+,19+,21-/m1/s1. The number of aliphatic hydroxyl groups is 1. The molecule has 1 aromatic carbocycles. The molecular weight excluding hydrogens is 397 g/mol. The van der Waals surface area contributed by atoms with Crippen LogP contribution in [0.2, 0.25) is 18.1 Å². The lowest BCUT2D eigenvalue weighted by atomic mass is 9.61. The van der Waals surface area contributed by atoms with Crippen LogP contribution in [0.3, 0.4) is 0 Å². The van der Waals surface area contributed by atoms with Crippen LogP contribution in [0.4, 0.5) is 13.2 Å². The Kier molecular flexibility index (Phi) is 5.67. The highest BCUT2D eigenvalue weighted by molar-refractivity contribution is 6.74. The van der Waals surface area contributed by atoms with E-state index < -0.39 is 37.8 Å². The Morgan fingerprint density at radius 2 is 1.86 bits per heavy atom. The molecule has 2 aliphatic rings. The number of ether oxygens (including phenoxy) is 1. The van der Waals surface area contributed by atoms with Gasteiger partial charge in [-0.2, -0.15) is 13.2 Å². The number of benzene rings is 1. The predicted octanol–water partition coefficient (Wildman–Crippen LogP) is 5.68. The maximum atomic E-state index is 14.6. The third-order valence-corrected chi connectivity index (χ3v) is 12.2. The average molecular weight is 431 g/mol. The van der Waals surface area contributed by atoms with E-state index in [4.69, 9.17) is 9.16 Å². The van der Waals surface area contributed by atoms with Crippen LogP contribution in [-0.2, 0) is 10.8 Å². The normalized spacial score (nSPS) is 30.1. The molecule has 0 spiro atoms. The van der Waals surface area contributed by atoms with Gasteiger partial charge in [0, 0.05) is 18.4 Å². The Morgan fingerprint density at radius 1 is 1.21 bits per heavy atom. The third kappa shape index (κ3) is 3.63. The number of aryl methyl sites for hydroxylation is 1. The molecule has 2 aliphatic carbocycles. The molecular formula is C22H33F3O3Si. The van der Waals surface area contributed by atoms with Crippen LogP contribution in [0.25, 0.3) is 0 Å². The van der Waals surface area contributed by atoms with Crippen molar-refractivity contribution < 1.29 is 27.4 Å². The first-order valence-electron chi connectivity index (χ1n) is 10.3. The molecule has 0 radical (unpaired) electrons. The molecule has 0 bridgehead atoms. The fourth-order valence-electron chi connectivity index (χ4n) is 4.91. The van der Waals surface area contributed by atoms with Crippen molar-refractivity contribution in [1.82, 2.24) is 0 Å². The summed E-state index contributed by atoms with van der Waals surface area (Å²) in [6, 6.07) is 5.31. The number of hydrogen-bond acceptors (Lipinski definition) is 3. The van der Waals surface area contributed by atoms with E-state index in [9.17, 15) is 18.3 Å². The predicted molar refractivity (Wildman–Crippen MR) is 110 cm³/mol. The molecule has 0 saturated heterocycles. The summed E-state index contributed by atoms with van der Waals surface area (Å²) in [4.78, 5) is 0. The van der Waals surface area contributed by atoms with Crippen molar-refractivity contribution in [3.05, 3.63) is 29.3 Å². The molecule has 0 unspecified atom stereocenters. The summed E-state index contributed by atoms with van der Waals surface area (Å²) in [7, 11) is -0.676. The summed E-state index contributed by atoms with van der Waals surface area (Å²) in [5, 5.41) is 10.7. The smallest absolute Gasteiger partial charge is 0.395 e. The monoisotopic (exact) mass is 430 g/mol. The van der Waals surface area contributed by atoms with Gasteiger partial charge in [0.25, 0.3) is 0 Å². The zero-order valence-corrected chi connectivity index (χ0v) is 19.2. The molecule has 4 atom stereocenters. The maximum Gasteiger partial charge on any atom is 0.395 e. The molecule has 1 saturated carbocycles. The fourth-order valence-corrected chi connectivity index (χ4v) is 5.94. The van der Waals surface area contributed by atoms with Crippen molar-refractivity contribution in [3.8, 4) is 5.75 Å². The number of alkyl halides is 3. The van der Waals surface area contributed by atoms with E-state index in [0.717, 1.165) is 5.56 Å². The molecule has 1 N–H and O–H groups in total. The van der Waals surface area contributed by atoms with E-state index >= 15 is 0 Å². The number of halogens is 3. The van der Waals surface area contributed by atoms with Gasteiger partial charge in [-0.05, 0) is 60.7 Å². The number of methoxy groups -OCH3 is 1. The van der Waals surface area contributed by atoms with Crippen LogP contribution in [0.1, 0.15) is 50.7 Å². The zero-order valence-electron chi connectivity index (χ0n) is 18.2. The topological polar surface area (TPSA) is 38.7 Å². The molecule has 3 rings (SSSR count).